The van der Waals surface area contributed by atoms with Crippen molar-refractivity contribution in [1.29, 1.82) is 0 Å². The van der Waals surface area contributed by atoms with Gasteiger partial charge in [-0.25, -0.2) is 9.69 Å². The topological polar surface area (TPSA) is 75.7 Å². The van der Waals surface area contributed by atoms with E-state index in [1.807, 2.05) is 6.92 Å². The van der Waals surface area contributed by atoms with E-state index < -0.39 is 17.8 Å². The molecule has 0 spiro atoms. The molecule has 1 heterocycles. The van der Waals surface area contributed by atoms with Crippen molar-refractivity contribution < 1.29 is 19.1 Å². The summed E-state index contributed by atoms with van der Waals surface area (Å²) in [5.74, 6) is -0.830. The Bertz CT molecular complexity index is 955. The molecule has 0 radical (unpaired) electrons. The summed E-state index contributed by atoms with van der Waals surface area (Å²) in [6, 6.07) is 11.1. The van der Waals surface area contributed by atoms with Gasteiger partial charge in [-0.2, -0.15) is 0 Å². The molecule has 27 heavy (non-hydrogen) atoms. The Morgan fingerprint density at radius 1 is 1.04 bits per heavy atom. The molecule has 3 rings (SSSR count). The fraction of sp³-hybridized carbons (Fsp3) is 0.105. The lowest BCUT2D eigenvalue weighted by atomic mass is 10.1. The number of hydrogen-bond acceptors (Lipinski definition) is 4. The number of carbonyl (C=O) groups excluding carboxylic acids is 3. The van der Waals surface area contributed by atoms with Crippen LogP contribution in [0.4, 0.5) is 10.5 Å². The van der Waals surface area contributed by atoms with Crippen LogP contribution in [0.15, 0.2) is 57.0 Å². The molecule has 0 aliphatic carbocycles. The van der Waals surface area contributed by atoms with Crippen LogP contribution in [-0.4, -0.2) is 24.5 Å². The molecule has 1 N–H and O–H groups in total. The number of halogens is 2. The minimum Gasteiger partial charge on any atom is -0.494 e. The summed E-state index contributed by atoms with van der Waals surface area (Å²) in [5, 5.41) is 2.20. The lowest BCUT2D eigenvalue weighted by molar-refractivity contribution is -0.122. The predicted molar refractivity (Wildman–Crippen MR) is 108 cm³/mol. The smallest absolute Gasteiger partial charge is 0.335 e. The first-order valence-corrected chi connectivity index (χ1v) is 9.58. The highest BCUT2D eigenvalue weighted by Crippen LogP contribution is 2.26. The van der Waals surface area contributed by atoms with Crippen LogP contribution >= 0.6 is 31.9 Å². The third-order valence-corrected chi connectivity index (χ3v) is 4.69. The van der Waals surface area contributed by atoms with E-state index in [1.165, 1.54) is 6.08 Å². The molecule has 8 heteroatoms. The summed E-state index contributed by atoms with van der Waals surface area (Å²) in [6.07, 6.45) is 1.43. The molecule has 0 atom stereocenters. The molecule has 1 fully saturated rings. The third kappa shape index (κ3) is 4.28. The summed E-state index contributed by atoms with van der Waals surface area (Å²) in [6.45, 7) is 2.34. The Morgan fingerprint density at radius 3 is 2.41 bits per heavy atom. The summed E-state index contributed by atoms with van der Waals surface area (Å²) >= 11 is 6.69. The number of amides is 4. The zero-order valence-corrected chi connectivity index (χ0v) is 17.3. The molecule has 138 valence electrons. The predicted octanol–water partition coefficient (Wildman–Crippen LogP) is 4.28. The third-order valence-electron chi connectivity index (χ3n) is 3.70. The van der Waals surface area contributed by atoms with E-state index in [-0.39, 0.29) is 5.57 Å². The van der Waals surface area contributed by atoms with Gasteiger partial charge in [0.1, 0.15) is 11.3 Å². The fourth-order valence-electron chi connectivity index (χ4n) is 2.57. The van der Waals surface area contributed by atoms with Gasteiger partial charge in [-0.15, -0.1) is 0 Å². The number of urea groups is 1. The summed E-state index contributed by atoms with van der Waals surface area (Å²) in [7, 11) is 0. The molecule has 0 aromatic heterocycles. The van der Waals surface area contributed by atoms with E-state index in [4.69, 9.17) is 4.74 Å². The van der Waals surface area contributed by atoms with E-state index in [0.717, 1.165) is 13.8 Å². The largest absolute Gasteiger partial charge is 0.494 e. The van der Waals surface area contributed by atoms with E-state index in [1.54, 1.807) is 42.5 Å². The van der Waals surface area contributed by atoms with Gasteiger partial charge in [-0.05, 0) is 61.0 Å². The lowest BCUT2D eigenvalue weighted by Crippen LogP contribution is -2.54. The van der Waals surface area contributed by atoms with Gasteiger partial charge >= 0.3 is 6.03 Å². The van der Waals surface area contributed by atoms with Crippen molar-refractivity contribution in [3.8, 4) is 5.75 Å². The van der Waals surface area contributed by atoms with Crippen molar-refractivity contribution >= 4 is 61.5 Å². The highest BCUT2D eigenvalue weighted by Gasteiger charge is 2.36. The van der Waals surface area contributed by atoms with Crippen molar-refractivity contribution in [2.45, 2.75) is 6.92 Å². The average Bonchev–Trinajstić information content (AvgIpc) is 2.60. The summed E-state index contributed by atoms with van der Waals surface area (Å²) < 4.78 is 7.02. The van der Waals surface area contributed by atoms with E-state index in [0.29, 0.717) is 23.6 Å². The second-order valence-corrected chi connectivity index (χ2v) is 7.42. The second kappa shape index (κ2) is 8.06. The molecule has 1 aliphatic rings. The quantitative estimate of drug-likeness (QED) is 0.509. The van der Waals surface area contributed by atoms with E-state index in [2.05, 4.69) is 37.2 Å². The number of nitrogens with zero attached hydrogens (tertiary/aromatic N) is 1. The van der Waals surface area contributed by atoms with Crippen LogP contribution in [0.25, 0.3) is 6.08 Å². The monoisotopic (exact) mass is 492 g/mol. The zero-order chi connectivity index (χ0) is 19.6. The van der Waals surface area contributed by atoms with E-state index in [9.17, 15) is 14.4 Å². The summed E-state index contributed by atoms with van der Waals surface area (Å²) in [4.78, 5) is 38.2. The minimum absolute atomic E-state index is 0.141. The van der Waals surface area contributed by atoms with Crippen LogP contribution < -0.4 is 15.0 Å². The number of barbiturate groups is 1. The first-order chi connectivity index (χ1) is 12.9. The highest BCUT2D eigenvalue weighted by molar-refractivity contribution is 9.10. The number of hydrogen-bond donors (Lipinski definition) is 1. The molecule has 2 aromatic carbocycles. The molecule has 0 unspecified atom stereocenters. The van der Waals surface area contributed by atoms with Gasteiger partial charge in [0, 0.05) is 8.95 Å². The van der Waals surface area contributed by atoms with Gasteiger partial charge in [-0.1, -0.05) is 31.9 Å². The number of ether oxygens (including phenoxy) is 1. The standard InChI is InChI=1S/C19H14Br2N2O4/c1-2-27-15-8-11(7-13(21)10-15)9-16-17(24)22-19(26)23(18(16)25)14-5-3-12(20)4-6-14/h3-10H,2H2,1H3,(H,22,24,26)/b16-9+. The van der Waals surface area contributed by atoms with Gasteiger partial charge in [0.25, 0.3) is 11.8 Å². The van der Waals surface area contributed by atoms with Gasteiger partial charge < -0.3 is 4.74 Å². The number of nitrogens with one attached hydrogen (secondary N) is 1. The van der Waals surface area contributed by atoms with Crippen LogP contribution in [0.1, 0.15) is 12.5 Å². The second-order valence-electron chi connectivity index (χ2n) is 5.59. The normalized spacial score (nSPS) is 15.9. The van der Waals surface area contributed by atoms with Gasteiger partial charge in [0.2, 0.25) is 0 Å². The zero-order valence-electron chi connectivity index (χ0n) is 14.2. The molecule has 1 aliphatic heterocycles. The minimum atomic E-state index is -0.784. The van der Waals surface area contributed by atoms with Crippen LogP contribution in [0.3, 0.4) is 0 Å². The van der Waals surface area contributed by atoms with Gasteiger partial charge in [0.15, 0.2) is 0 Å². The Morgan fingerprint density at radius 2 is 1.74 bits per heavy atom. The first-order valence-electron chi connectivity index (χ1n) is 7.99. The SMILES string of the molecule is CCOc1cc(Br)cc(/C=C2\C(=O)NC(=O)N(c3ccc(Br)cc3)C2=O)c1. The van der Waals surface area contributed by atoms with Crippen LogP contribution in [0.5, 0.6) is 5.75 Å². The molecular weight excluding hydrogens is 480 g/mol. The van der Waals surface area contributed by atoms with Crippen LogP contribution in [0, 0.1) is 0 Å². The van der Waals surface area contributed by atoms with Crippen molar-refractivity contribution in [2.24, 2.45) is 0 Å². The Hall–Kier alpha value is -2.45. The fourth-order valence-corrected chi connectivity index (χ4v) is 3.32. The molecule has 1 saturated heterocycles. The maximum absolute atomic E-state index is 12.9. The van der Waals surface area contributed by atoms with E-state index >= 15 is 0 Å². The number of rotatable bonds is 4. The maximum Gasteiger partial charge on any atom is 0.335 e. The summed E-state index contributed by atoms with van der Waals surface area (Å²) in [5.41, 5.74) is 0.817. The molecule has 2 aromatic rings. The van der Waals surface area contributed by atoms with Crippen molar-refractivity contribution in [1.82, 2.24) is 5.32 Å². The number of carbonyl (C=O) groups is 3. The number of imide groups is 2. The number of benzene rings is 2. The molecule has 0 bridgehead atoms. The highest BCUT2D eigenvalue weighted by atomic mass is 79.9. The first kappa shape index (κ1) is 19.3. The Kier molecular flexibility index (Phi) is 5.76. The Balaban J connectivity index is 2.00. The lowest BCUT2D eigenvalue weighted by Gasteiger charge is -2.26. The van der Waals surface area contributed by atoms with Crippen molar-refractivity contribution in [3.05, 3.63) is 62.5 Å². The van der Waals surface area contributed by atoms with Crippen LogP contribution in [-0.2, 0) is 9.59 Å². The van der Waals surface area contributed by atoms with Crippen molar-refractivity contribution in [2.75, 3.05) is 11.5 Å². The molecular formula is C19H14Br2N2O4. The number of anilines is 1. The van der Waals surface area contributed by atoms with Crippen molar-refractivity contribution in [3.63, 3.8) is 0 Å². The molecule has 4 amide bonds. The van der Waals surface area contributed by atoms with Crippen LogP contribution in [0.2, 0.25) is 0 Å². The molecule has 0 saturated carbocycles. The average molecular weight is 494 g/mol. The van der Waals surface area contributed by atoms with Gasteiger partial charge in [-0.3, -0.25) is 14.9 Å². The van der Waals surface area contributed by atoms with Gasteiger partial charge in [0.05, 0.1) is 12.3 Å². The molecule has 6 nitrogen and oxygen atoms in total. The Labute approximate surface area is 172 Å². The maximum atomic E-state index is 12.9.